The molecule has 2 aromatic rings. The molecule has 1 aromatic carbocycles. The van der Waals surface area contributed by atoms with Gasteiger partial charge in [0.2, 0.25) is 5.91 Å². The van der Waals surface area contributed by atoms with Crippen LogP contribution < -0.4 is 4.74 Å². The summed E-state index contributed by atoms with van der Waals surface area (Å²) in [5.41, 5.74) is 1.72. The standard InChI is InChI=1S/C20H20N4O2S/c1-16-23-18(15-27-16)14-26-19-6-2-5-17(13-19)7-8-20(25)24(11-3-9-21)12-4-10-22/h2,5-8,13,15H,3-4,11-12,14H2,1H3/b8-7+. The zero-order valence-corrected chi connectivity index (χ0v) is 15.9. The number of aromatic nitrogens is 1. The normalized spacial score (nSPS) is 10.3. The molecule has 0 spiro atoms. The summed E-state index contributed by atoms with van der Waals surface area (Å²) in [4.78, 5) is 18.2. The second-order valence-corrected chi connectivity index (χ2v) is 6.76. The number of benzene rings is 1. The van der Waals surface area contributed by atoms with Crippen LogP contribution in [-0.2, 0) is 11.4 Å². The lowest BCUT2D eigenvalue weighted by atomic mass is 10.2. The van der Waals surface area contributed by atoms with Crippen LogP contribution in [0.1, 0.15) is 29.1 Å². The number of ether oxygens (including phenoxy) is 1. The number of aryl methyl sites for hydroxylation is 1. The van der Waals surface area contributed by atoms with E-state index >= 15 is 0 Å². The Morgan fingerprint density at radius 2 is 2.04 bits per heavy atom. The number of amides is 1. The maximum absolute atomic E-state index is 12.3. The van der Waals surface area contributed by atoms with E-state index in [9.17, 15) is 4.79 Å². The van der Waals surface area contributed by atoms with E-state index in [-0.39, 0.29) is 18.7 Å². The van der Waals surface area contributed by atoms with Crippen molar-refractivity contribution in [2.75, 3.05) is 13.1 Å². The van der Waals surface area contributed by atoms with Gasteiger partial charge in [0.15, 0.2) is 0 Å². The number of rotatable bonds is 9. The number of thiazole rings is 1. The van der Waals surface area contributed by atoms with E-state index in [2.05, 4.69) is 4.98 Å². The number of nitriles is 2. The largest absolute Gasteiger partial charge is 0.487 e. The Balaban J connectivity index is 1.97. The number of carbonyl (C=O) groups is 1. The second-order valence-electron chi connectivity index (χ2n) is 5.69. The molecular weight excluding hydrogens is 360 g/mol. The molecule has 1 amide bonds. The van der Waals surface area contributed by atoms with Gasteiger partial charge in [-0.2, -0.15) is 10.5 Å². The third kappa shape index (κ3) is 6.93. The average molecular weight is 380 g/mol. The molecule has 1 heterocycles. The van der Waals surface area contributed by atoms with Crippen LogP contribution in [-0.4, -0.2) is 28.9 Å². The van der Waals surface area contributed by atoms with Crippen LogP contribution in [0.4, 0.5) is 0 Å². The monoisotopic (exact) mass is 380 g/mol. The second kappa shape index (κ2) is 10.7. The van der Waals surface area contributed by atoms with Crippen molar-refractivity contribution in [2.24, 2.45) is 0 Å². The molecule has 0 saturated carbocycles. The highest BCUT2D eigenvalue weighted by Crippen LogP contribution is 2.17. The van der Waals surface area contributed by atoms with Gasteiger partial charge in [-0.3, -0.25) is 4.79 Å². The fourth-order valence-corrected chi connectivity index (χ4v) is 2.91. The van der Waals surface area contributed by atoms with Gasteiger partial charge in [-0.1, -0.05) is 12.1 Å². The third-order valence-electron chi connectivity index (χ3n) is 3.63. The van der Waals surface area contributed by atoms with Crippen molar-refractivity contribution in [3.05, 3.63) is 52.0 Å². The van der Waals surface area contributed by atoms with E-state index in [0.29, 0.717) is 25.4 Å². The summed E-state index contributed by atoms with van der Waals surface area (Å²) >= 11 is 1.58. The Hall–Kier alpha value is -3.16. The molecule has 0 atom stereocenters. The van der Waals surface area contributed by atoms with Crippen LogP contribution in [0.3, 0.4) is 0 Å². The van der Waals surface area contributed by atoms with Crippen molar-refractivity contribution in [3.8, 4) is 17.9 Å². The van der Waals surface area contributed by atoms with Gasteiger partial charge in [-0.05, 0) is 30.7 Å². The first-order chi connectivity index (χ1) is 13.1. The lowest BCUT2D eigenvalue weighted by Gasteiger charge is -2.18. The highest BCUT2D eigenvalue weighted by Gasteiger charge is 2.09. The SMILES string of the molecule is Cc1nc(COc2cccc(/C=C/C(=O)N(CCC#N)CCC#N)c2)cs1. The Morgan fingerprint density at radius 1 is 1.30 bits per heavy atom. The smallest absolute Gasteiger partial charge is 0.246 e. The van der Waals surface area contributed by atoms with E-state index < -0.39 is 0 Å². The Labute approximate surface area is 162 Å². The fourth-order valence-electron chi connectivity index (χ4n) is 2.31. The molecule has 0 aliphatic heterocycles. The summed E-state index contributed by atoms with van der Waals surface area (Å²) in [6.45, 7) is 2.98. The Bertz CT molecular complexity index is 859. The zero-order valence-electron chi connectivity index (χ0n) is 15.1. The van der Waals surface area contributed by atoms with Gasteiger partial charge in [0, 0.05) is 24.5 Å². The summed E-state index contributed by atoms with van der Waals surface area (Å²) in [7, 11) is 0. The van der Waals surface area contributed by atoms with Crippen molar-refractivity contribution in [1.29, 1.82) is 10.5 Å². The van der Waals surface area contributed by atoms with Gasteiger partial charge >= 0.3 is 0 Å². The van der Waals surface area contributed by atoms with Gasteiger partial charge in [0.25, 0.3) is 0 Å². The fraction of sp³-hybridized carbons (Fsp3) is 0.300. The minimum absolute atomic E-state index is 0.218. The van der Waals surface area contributed by atoms with Crippen LogP contribution in [0, 0.1) is 29.6 Å². The predicted molar refractivity (Wildman–Crippen MR) is 104 cm³/mol. The molecule has 0 unspecified atom stereocenters. The molecule has 0 aliphatic carbocycles. The van der Waals surface area contributed by atoms with E-state index in [1.807, 2.05) is 48.7 Å². The molecule has 0 bridgehead atoms. The topological polar surface area (TPSA) is 90.0 Å². The summed E-state index contributed by atoms with van der Waals surface area (Å²) in [6, 6.07) is 11.5. The molecule has 138 valence electrons. The molecule has 0 radical (unpaired) electrons. The van der Waals surface area contributed by atoms with Crippen molar-refractivity contribution in [1.82, 2.24) is 9.88 Å². The number of hydrogen-bond donors (Lipinski definition) is 0. The van der Waals surface area contributed by atoms with Crippen LogP contribution >= 0.6 is 11.3 Å². The third-order valence-corrected chi connectivity index (χ3v) is 4.45. The van der Waals surface area contributed by atoms with Crippen LogP contribution in [0.5, 0.6) is 5.75 Å². The van der Waals surface area contributed by atoms with Crippen LogP contribution in [0.25, 0.3) is 6.08 Å². The number of carbonyl (C=O) groups excluding carboxylic acids is 1. The molecule has 0 aliphatic rings. The lowest BCUT2D eigenvalue weighted by molar-refractivity contribution is -0.125. The summed E-state index contributed by atoms with van der Waals surface area (Å²) in [6.07, 6.45) is 3.64. The van der Waals surface area contributed by atoms with E-state index in [4.69, 9.17) is 15.3 Å². The van der Waals surface area contributed by atoms with Gasteiger partial charge in [-0.15, -0.1) is 11.3 Å². The minimum atomic E-state index is -0.218. The van der Waals surface area contributed by atoms with Gasteiger partial charge in [-0.25, -0.2) is 4.98 Å². The highest BCUT2D eigenvalue weighted by atomic mass is 32.1. The number of nitrogens with zero attached hydrogens (tertiary/aromatic N) is 4. The molecule has 0 N–H and O–H groups in total. The van der Waals surface area contributed by atoms with Crippen molar-refractivity contribution >= 4 is 23.3 Å². The first-order valence-electron chi connectivity index (χ1n) is 8.47. The zero-order chi connectivity index (χ0) is 19.5. The van der Waals surface area contributed by atoms with Gasteiger partial charge < -0.3 is 9.64 Å². The van der Waals surface area contributed by atoms with Gasteiger partial charge in [0.1, 0.15) is 12.4 Å². The summed E-state index contributed by atoms with van der Waals surface area (Å²) in [5, 5.41) is 20.4. The molecule has 2 rings (SSSR count). The van der Waals surface area contributed by atoms with Crippen LogP contribution in [0.15, 0.2) is 35.7 Å². The van der Waals surface area contributed by atoms with E-state index in [1.54, 1.807) is 17.4 Å². The first-order valence-corrected chi connectivity index (χ1v) is 9.35. The lowest BCUT2D eigenvalue weighted by Crippen LogP contribution is -2.31. The Kier molecular flexibility index (Phi) is 8.02. The first kappa shape index (κ1) is 20.2. The predicted octanol–water partition coefficient (Wildman–Crippen LogP) is 3.70. The van der Waals surface area contributed by atoms with Crippen molar-refractivity contribution < 1.29 is 9.53 Å². The summed E-state index contributed by atoms with van der Waals surface area (Å²) in [5.74, 6) is 0.478. The van der Waals surface area contributed by atoms with Gasteiger partial charge in [0.05, 0.1) is 35.7 Å². The molecule has 7 heteroatoms. The average Bonchev–Trinajstić information content (AvgIpc) is 3.10. The molecular formula is C20H20N4O2S. The Morgan fingerprint density at radius 3 is 2.67 bits per heavy atom. The van der Waals surface area contributed by atoms with E-state index in [1.165, 1.54) is 11.0 Å². The van der Waals surface area contributed by atoms with Crippen molar-refractivity contribution in [2.45, 2.75) is 26.4 Å². The molecule has 6 nitrogen and oxygen atoms in total. The van der Waals surface area contributed by atoms with Crippen molar-refractivity contribution in [3.63, 3.8) is 0 Å². The maximum atomic E-state index is 12.3. The summed E-state index contributed by atoms with van der Waals surface area (Å²) < 4.78 is 5.75. The highest BCUT2D eigenvalue weighted by molar-refractivity contribution is 7.09. The quantitative estimate of drug-likeness (QED) is 0.619. The minimum Gasteiger partial charge on any atom is -0.487 e. The van der Waals surface area contributed by atoms with E-state index in [0.717, 1.165) is 16.3 Å². The molecule has 1 aromatic heterocycles. The molecule has 0 fully saturated rings. The number of hydrogen-bond acceptors (Lipinski definition) is 6. The molecule has 0 saturated heterocycles. The molecule has 27 heavy (non-hydrogen) atoms. The maximum Gasteiger partial charge on any atom is 0.246 e. The van der Waals surface area contributed by atoms with Crippen LogP contribution in [0.2, 0.25) is 0 Å².